The number of nitro benzene ring substituents is 1. The first-order valence-electron chi connectivity index (χ1n) is 6.14. The van der Waals surface area contributed by atoms with Gasteiger partial charge in [-0.2, -0.15) is 0 Å². The average molecular weight is 282 g/mol. The molecule has 0 spiro atoms. The number of hydrogen-bond donors (Lipinski definition) is 1. The molecule has 6 nitrogen and oxygen atoms in total. The summed E-state index contributed by atoms with van der Waals surface area (Å²) in [6.45, 7) is 7.32. The minimum absolute atomic E-state index is 0.135. The molecule has 1 aliphatic rings. The molecule has 108 valence electrons. The first kappa shape index (κ1) is 14.7. The molecule has 1 aromatic carbocycles. The van der Waals surface area contributed by atoms with E-state index in [1.807, 2.05) is 27.7 Å². The van der Waals surface area contributed by atoms with Crippen molar-refractivity contribution in [2.45, 2.75) is 38.9 Å². The summed E-state index contributed by atoms with van der Waals surface area (Å²) in [5.41, 5.74) is 3.93. The molecule has 1 heterocycles. The van der Waals surface area contributed by atoms with E-state index < -0.39 is 29.1 Å². The number of nitrogen functional groups attached to an aromatic ring is 1. The van der Waals surface area contributed by atoms with Crippen LogP contribution in [0.15, 0.2) is 12.1 Å². The lowest BCUT2D eigenvalue weighted by Crippen LogP contribution is -2.41. The second-order valence-corrected chi connectivity index (χ2v) is 5.78. The Balaban J connectivity index is 2.47. The zero-order valence-corrected chi connectivity index (χ0v) is 11.8. The van der Waals surface area contributed by atoms with Gasteiger partial charge in [0.1, 0.15) is 0 Å². The summed E-state index contributed by atoms with van der Waals surface area (Å²) in [6, 6.07) is 1.96. The Labute approximate surface area is 116 Å². The molecule has 8 heteroatoms. The summed E-state index contributed by atoms with van der Waals surface area (Å²) in [5, 5.41) is 10.8. The maximum atomic E-state index is 13.7. The maximum absolute atomic E-state index is 13.7. The van der Waals surface area contributed by atoms with Crippen molar-refractivity contribution in [2.75, 3.05) is 5.73 Å². The molecule has 0 aliphatic carbocycles. The lowest BCUT2D eigenvalue weighted by molar-refractivity contribution is -0.385. The zero-order chi connectivity index (χ0) is 15.3. The first-order chi connectivity index (χ1) is 9.05. The molecule has 0 aromatic heterocycles. The Morgan fingerprint density at radius 3 is 2.20 bits per heavy atom. The fourth-order valence-electron chi connectivity index (χ4n) is 1.89. The highest BCUT2D eigenvalue weighted by Gasteiger charge is 2.52. The molecule has 20 heavy (non-hydrogen) atoms. The van der Waals surface area contributed by atoms with Crippen molar-refractivity contribution in [2.24, 2.45) is 0 Å². The van der Waals surface area contributed by atoms with Gasteiger partial charge >= 0.3 is 7.12 Å². The summed E-state index contributed by atoms with van der Waals surface area (Å²) in [4.78, 5) is 10.1. The van der Waals surface area contributed by atoms with E-state index in [9.17, 15) is 14.5 Å². The lowest BCUT2D eigenvalue weighted by Gasteiger charge is -2.32. The third-order valence-electron chi connectivity index (χ3n) is 3.86. The van der Waals surface area contributed by atoms with Crippen molar-refractivity contribution in [3.8, 4) is 0 Å². The number of benzene rings is 1. The lowest BCUT2D eigenvalue weighted by atomic mass is 9.77. The van der Waals surface area contributed by atoms with Crippen LogP contribution < -0.4 is 11.2 Å². The van der Waals surface area contributed by atoms with Crippen LogP contribution in [0, 0.1) is 15.9 Å². The van der Waals surface area contributed by atoms with Gasteiger partial charge < -0.3 is 15.0 Å². The van der Waals surface area contributed by atoms with Crippen LogP contribution in [-0.4, -0.2) is 23.2 Å². The molecule has 0 atom stereocenters. The Morgan fingerprint density at radius 2 is 1.75 bits per heavy atom. The summed E-state index contributed by atoms with van der Waals surface area (Å²) in [6.07, 6.45) is 0. The van der Waals surface area contributed by atoms with E-state index in [1.165, 1.54) is 6.07 Å². The molecule has 1 saturated heterocycles. The van der Waals surface area contributed by atoms with Crippen LogP contribution in [-0.2, 0) is 9.31 Å². The molecule has 0 unspecified atom stereocenters. The standard InChI is InChI=1S/C12H16BFN2O4/c1-11(2)12(3,4)20-13(19-11)8-5-7(16(17)18)6-9(14)10(8)15/h5-6H,15H2,1-4H3. The van der Waals surface area contributed by atoms with Crippen LogP contribution in [0.2, 0.25) is 0 Å². The quantitative estimate of drug-likeness (QED) is 0.385. The van der Waals surface area contributed by atoms with Gasteiger partial charge in [-0.25, -0.2) is 4.39 Å². The molecule has 1 fully saturated rings. The summed E-state index contributed by atoms with van der Waals surface area (Å²) >= 11 is 0. The highest BCUT2D eigenvalue weighted by molar-refractivity contribution is 6.64. The molecule has 1 aliphatic heterocycles. The van der Waals surface area contributed by atoms with Crippen LogP contribution in [0.3, 0.4) is 0 Å². The van der Waals surface area contributed by atoms with Crippen molar-refractivity contribution < 1.29 is 18.6 Å². The highest BCUT2D eigenvalue weighted by Crippen LogP contribution is 2.37. The van der Waals surface area contributed by atoms with Crippen molar-refractivity contribution >= 4 is 24.0 Å². The molecule has 2 N–H and O–H groups in total. The SMILES string of the molecule is CC1(C)OB(c2cc([N+](=O)[O-])cc(F)c2N)OC1(C)C. The van der Waals surface area contributed by atoms with Gasteiger partial charge in [-0.1, -0.05) is 0 Å². The largest absolute Gasteiger partial charge is 0.497 e. The predicted molar refractivity (Wildman–Crippen MR) is 73.2 cm³/mol. The molecular weight excluding hydrogens is 266 g/mol. The molecule has 0 saturated carbocycles. The van der Waals surface area contributed by atoms with Crippen molar-refractivity contribution in [1.82, 2.24) is 0 Å². The second kappa shape index (κ2) is 4.42. The van der Waals surface area contributed by atoms with E-state index in [-0.39, 0.29) is 16.8 Å². The van der Waals surface area contributed by atoms with Gasteiger partial charge in [0.2, 0.25) is 0 Å². The fraction of sp³-hybridized carbons (Fsp3) is 0.500. The van der Waals surface area contributed by atoms with Gasteiger partial charge in [0.25, 0.3) is 5.69 Å². The number of nitrogens with two attached hydrogens (primary N) is 1. The van der Waals surface area contributed by atoms with Crippen LogP contribution >= 0.6 is 0 Å². The van der Waals surface area contributed by atoms with Gasteiger partial charge in [0.15, 0.2) is 5.82 Å². The molecule has 2 rings (SSSR count). The number of nitro groups is 1. The van der Waals surface area contributed by atoms with Crippen molar-refractivity contribution in [1.29, 1.82) is 0 Å². The summed E-state index contributed by atoms with van der Waals surface area (Å²) in [7, 11) is -0.936. The number of anilines is 1. The van der Waals surface area contributed by atoms with Crippen molar-refractivity contribution in [3.63, 3.8) is 0 Å². The van der Waals surface area contributed by atoms with E-state index in [1.54, 1.807) is 0 Å². The monoisotopic (exact) mass is 282 g/mol. The van der Waals surface area contributed by atoms with E-state index in [4.69, 9.17) is 15.0 Å². The van der Waals surface area contributed by atoms with E-state index in [0.717, 1.165) is 6.07 Å². The molecule has 0 radical (unpaired) electrons. The number of non-ortho nitro benzene ring substituents is 1. The molecule has 0 amide bonds. The van der Waals surface area contributed by atoms with Crippen LogP contribution in [0.1, 0.15) is 27.7 Å². The minimum atomic E-state index is -0.936. The number of hydrogen-bond acceptors (Lipinski definition) is 5. The number of rotatable bonds is 2. The third-order valence-corrected chi connectivity index (χ3v) is 3.86. The normalized spacial score (nSPS) is 20.1. The van der Waals surface area contributed by atoms with Crippen LogP contribution in [0.25, 0.3) is 0 Å². The topological polar surface area (TPSA) is 87.6 Å². The molecule has 1 aromatic rings. The van der Waals surface area contributed by atoms with E-state index >= 15 is 0 Å². The minimum Gasteiger partial charge on any atom is -0.399 e. The van der Waals surface area contributed by atoms with E-state index in [2.05, 4.69) is 0 Å². The Kier molecular flexibility index (Phi) is 3.26. The van der Waals surface area contributed by atoms with Gasteiger partial charge in [-0.15, -0.1) is 0 Å². The average Bonchev–Trinajstić information content (AvgIpc) is 2.51. The van der Waals surface area contributed by atoms with Gasteiger partial charge in [0, 0.05) is 11.5 Å². The number of halogens is 1. The van der Waals surface area contributed by atoms with E-state index in [0.29, 0.717) is 0 Å². The number of nitrogens with zero attached hydrogens (tertiary/aromatic N) is 1. The van der Waals surface area contributed by atoms with Gasteiger partial charge in [-0.3, -0.25) is 10.1 Å². The van der Waals surface area contributed by atoms with Gasteiger partial charge in [-0.05, 0) is 27.7 Å². The highest BCUT2D eigenvalue weighted by atomic mass is 19.1. The van der Waals surface area contributed by atoms with Crippen LogP contribution in [0.5, 0.6) is 0 Å². The Hall–Kier alpha value is -1.67. The predicted octanol–water partition coefficient (Wildman–Crippen LogP) is 1.62. The molecule has 0 bridgehead atoms. The van der Waals surface area contributed by atoms with Crippen molar-refractivity contribution in [3.05, 3.63) is 28.1 Å². The third kappa shape index (κ3) is 2.25. The zero-order valence-electron chi connectivity index (χ0n) is 11.8. The first-order valence-corrected chi connectivity index (χ1v) is 6.14. The van der Waals surface area contributed by atoms with Gasteiger partial charge in [0.05, 0.1) is 27.9 Å². The smallest absolute Gasteiger partial charge is 0.399 e. The molecular formula is C12H16BFN2O4. The maximum Gasteiger partial charge on any atom is 0.497 e. The summed E-state index contributed by atoms with van der Waals surface area (Å²) < 4.78 is 25.2. The Bertz CT molecular complexity index is 561. The summed E-state index contributed by atoms with van der Waals surface area (Å²) in [5.74, 6) is -0.857. The second-order valence-electron chi connectivity index (χ2n) is 5.78. The Morgan fingerprint density at radius 1 is 1.25 bits per heavy atom. The fourth-order valence-corrected chi connectivity index (χ4v) is 1.89. The van der Waals surface area contributed by atoms with Crippen LogP contribution in [0.4, 0.5) is 15.8 Å².